The molecule has 1 amide bonds. The molecule has 6 heteroatoms. The van der Waals surface area contributed by atoms with Gasteiger partial charge in [0.1, 0.15) is 11.6 Å². The van der Waals surface area contributed by atoms with E-state index in [9.17, 15) is 4.79 Å². The molecule has 154 valence electrons. The third-order valence-corrected chi connectivity index (χ3v) is 4.63. The lowest BCUT2D eigenvalue weighted by atomic mass is 10.2. The van der Waals surface area contributed by atoms with Gasteiger partial charge in [0.25, 0.3) is 5.91 Å². The summed E-state index contributed by atoms with van der Waals surface area (Å²) in [5.41, 5.74) is 2.76. The average molecular weight is 395 g/mol. The molecule has 6 nitrogen and oxygen atoms in total. The zero-order chi connectivity index (χ0) is 20.8. The van der Waals surface area contributed by atoms with E-state index in [1.807, 2.05) is 44.2 Å². The molecule has 1 heterocycles. The summed E-state index contributed by atoms with van der Waals surface area (Å²) in [4.78, 5) is 19.4. The molecule has 0 spiro atoms. The molecule has 0 saturated carbocycles. The topological polar surface area (TPSA) is 59.4 Å². The van der Waals surface area contributed by atoms with E-state index in [2.05, 4.69) is 34.9 Å². The van der Waals surface area contributed by atoms with Gasteiger partial charge in [-0.15, -0.1) is 0 Å². The van der Waals surface area contributed by atoms with E-state index in [0.717, 1.165) is 35.7 Å². The van der Waals surface area contributed by atoms with Crippen molar-refractivity contribution >= 4 is 16.9 Å². The van der Waals surface area contributed by atoms with Gasteiger partial charge in [0.2, 0.25) is 0 Å². The Morgan fingerprint density at radius 3 is 2.55 bits per heavy atom. The van der Waals surface area contributed by atoms with E-state index in [0.29, 0.717) is 18.5 Å². The van der Waals surface area contributed by atoms with Gasteiger partial charge in [0.15, 0.2) is 0 Å². The number of nitrogens with zero attached hydrogens (tertiary/aromatic N) is 3. The van der Waals surface area contributed by atoms with Gasteiger partial charge in [-0.05, 0) is 64.3 Å². The Balaban J connectivity index is 1.63. The lowest BCUT2D eigenvalue weighted by Crippen LogP contribution is -2.27. The van der Waals surface area contributed by atoms with Crippen molar-refractivity contribution in [2.45, 2.75) is 32.9 Å². The van der Waals surface area contributed by atoms with Crippen molar-refractivity contribution < 1.29 is 9.53 Å². The van der Waals surface area contributed by atoms with Crippen molar-refractivity contribution in [3.63, 3.8) is 0 Å². The summed E-state index contributed by atoms with van der Waals surface area (Å²) < 4.78 is 7.87. The summed E-state index contributed by atoms with van der Waals surface area (Å²) in [6.45, 7) is 6.30. The summed E-state index contributed by atoms with van der Waals surface area (Å²) >= 11 is 0. The van der Waals surface area contributed by atoms with Crippen LogP contribution in [0.25, 0.3) is 11.0 Å². The molecule has 0 aliphatic rings. The highest BCUT2D eigenvalue weighted by Crippen LogP contribution is 2.17. The van der Waals surface area contributed by atoms with Gasteiger partial charge in [-0.25, -0.2) is 4.98 Å². The Bertz CT molecular complexity index is 945. The Morgan fingerprint density at radius 1 is 1.14 bits per heavy atom. The first kappa shape index (κ1) is 20.9. The molecule has 0 unspecified atom stereocenters. The minimum Gasteiger partial charge on any atom is -0.491 e. The maximum Gasteiger partial charge on any atom is 0.251 e. The number of carbonyl (C=O) groups is 1. The van der Waals surface area contributed by atoms with Gasteiger partial charge < -0.3 is 19.5 Å². The average Bonchev–Trinajstić information content (AvgIpc) is 3.03. The Labute approximate surface area is 172 Å². The predicted octanol–water partition coefficient (Wildman–Crippen LogP) is 3.36. The van der Waals surface area contributed by atoms with Crippen LogP contribution < -0.4 is 10.1 Å². The van der Waals surface area contributed by atoms with E-state index in [1.54, 1.807) is 12.1 Å². The number of aromatic nitrogens is 2. The van der Waals surface area contributed by atoms with E-state index in [-0.39, 0.29) is 12.0 Å². The van der Waals surface area contributed by atoms with Crippen LogP contribution in [-0.2, 0) is 13.0 Å². The van der Waals surface area contributed by atoms with Crippen molar-refractivity contribution in [3.8, 4) is 5.75 Å². The summed E-state index contributed by atoms with van der Waals surface area (Å²) in [6.07, 6.45) is 0.795. The van der Waals surface area contributed by atoms with Crippen molar-refractivity contribution in [3.05, 3.63) is 59.9 Å². The number of ether oxygens (including phenoxy) is 1. The van der Waals surface area contributed by atoms with Crippen molar-refractivity contribution in [1.82, 2.24) is 19.8 Å². The maximum absolute atomic E-state index is 12.5. The highest BCUT2D eigenvalue weighted by molar-refractivity contribution is 5.94. The van der Waals surface area contributed by atoms with Gasteiger partial charge in [-0.1, -0.05) is 12.1 Å². The fourth-order valence-corrected chi connectivity index (χ4v) is 3.21. The number of amides is 1. The second-order valence-corrected chi connectivity index (χ2v) is 7.67. The fourth-order valence-electron chi connectivity index (χ4n) is 3.21. The number of nitrogens with one attached hydrogen (secondary N) is 1. The summed E-state index contributed by atoms with van der Waals surface area (Å²) in [5, 5.41) is 3.00. The van der Waals surface area contributed by atoms with Crippen LogP contribution >= 0.6 is 0 Å². The van der Waals surface area contributed by atoms with Gasteiger partial charge in [-0.3, -0.25) is 4.79 Å². The van der Waals surface area contributed by atoms with Gasteiger partial charge in [-0.2, -0.15) is 0 Å². The normalized spacial score (nSPS) is 11.4. The van der Waals surface area contributed by atoms with Crippen LogP contribution in [0.4, 0.5) is 0 Å². The Hall–Kier alpha value is -2.86. The molecule has 0 fully saturated rings. The van der Waals surface area contributed by atoms with Crippen LogP contribution in [0.3, 0.4) is 0 Å². The number of hydrogen-bond donors (Lipinski definition) is 1. The molecule has 2 aromatic carbocycles. The molecule has 0 bridgehead atoms. The molecular formula is C23H30N4O2. The summed E-state index contributed by atoms with van der Waals surface area (Å²) in [7, 11) is 4.13. The number of para-hydroxylation sites is 2. The summed E-state index contributed by atoms with van der Waals surface area (Å²) in [6, 6.07) is 15.4. The molecule has 0 aliphatic carbocycles. The minimum atomic E-state index is -0.0861. The van der Waals surface area contributed by atoms with Gasteiger partial charge >= 0.3 is 0 Å². The SMILES string of the molecule is CC(C)Oc1ccc(C(=O)NCCc2nc3ccccc3n2CCN(C)C)cc1. The van der Waals surface area contributed by atoms with Crippen LogP contribution in [0.2, 0.25) is 0 Å². The largest absolute Gasteiger partial charge is 0.491 e. The number of likely N-dealkylation sites (N-methyl/N-ethyl adjacent to an activating group) is 1. The molecular weight excluding hydrogens is 364 g/mol. The highest BCUT2D eigenvalue weighted by atomic mass is 16.5. The molecule has 0 aliphatic heterocycles. The predicted molar refractivity (Wildman–Crippen MR) is 117 cm³/mol. The smallest absolute Gasteiger partial charge is 0.251 e. The number of carbonyl (C=O) groups excluding carboxylic acids is 1. The first-order valence-corrected chi connectivity index (χ1v) is 10.1. The maximum atomic E-state index is 12.5. The second-order valence-electron chi connectivity index (χ2n) is 7.67. The molecule has 0 saturated heterocycles. The lowest BCUT2D eigenvalue weighted by Gasteiger charge is -2.14. The third kappa shape index (κ3) is 5.57. The van der Waals surface area contributed by atoms with Crippen molar-refractivity contribution in [2.24, 2.45) is 0 Å². The zero-order valence-electron chi connectivity index (χ0n) is 17.7. The van der Waals surface area contributed by atoms with Gasteiger partial charge in [0, 0.05) is 31.6 Å². The summed E-state index contributed by atoms with van der Waals surface area (Å²) in [5.74, 6) is 1.68. The van der Waals surface area contributed by atoms with E-state index < -0.39 is 0 Å². The quantitative estimate of drug-likeness (QED) is 0.605. The van der Waals surface area contributed by atoms with Crippen LogP contribution in [0.5, 0.6) is 5.75 Å². The van der Waals surface area contributed by atoms with Crippen LogP contribution in [-0.4, -0.2) is 53.6 Å². The molecule has 1 aromatic heterocycles. The molecule has 29 heavy (non-hydrogen) atoms. The Morgan fingerprint density at radius 2 is 1.86 bits per heavy atom. The van der Waals surface area contributed by atoms with Crippen molar-refractivity contribution in [1.29, 1.82) is 0 Å². The minimum absolute atomic E-state index is 0.0861. The van der Waals surface area contributed by atoms with E-state index in [4.69, 9.17) is 9.72 Å². The number of benzene rings is 2. The molecule has 0 atom stereocenters. The van der Waals surface area contributed by atoms with E-state index >= 15 is 0 Å². The first-order valence-electron chi connectivity index (χ1n) is 10.1. The zero-order valence-corrected chi connectivity index (χ0v) is 17.7. The van der Waals surface area contributed by atoms with Crippen LogP contribution in [0.15, 0.2) is 48.5 Å². The lowest BCUT2D eigenvalue weighted by molar-refractivity contribution is 0.0954. The van der Waals surface area contributed by atoms with Crippen LogP contribution in [0.1, 0.15) is 30.0 Å². The molecule has 1 N–H and O–H groups in total. The molecule has 0 radical (unpaired) electrons. The van der Waals surface area contributed by atoms with Crippen molar-refractivity contribution in [2.75, 3.05) is 27.2 Å². The standard InChI is InChI=1S/C23H30N4O2/c1-17(2)29-19-11-9-18(10-12-19)23(28)24-14-13-22-25-20-7-5-6-8-21(20)27(22)16-15-26(3)4/h5-12,17H,13-16H2,1-4H3,(H,24,28). The Kier molecular flexibility index (Phi) is 6.88. The monoisotopic (exact) mass is 394 g/mol. The molecule has 3 aromatic rings. The second kappa shape index (κ2) is 9.56. The van der Waals surface area contributed by atoms with E-state index in [1.165, 1.54) is 0 Å². The number of fused-ring (bicyclic) bond motifs is 1. The molecule has 3 rings (SSSR count). The number of rotatable bonds is 9. The number of imidazole rings is 1. The highest BCUT2D eigenvalue weighted by Gasteiger charge is 2.12. The van der Waals surface area contributed by atoms with Crippen LogP contribution in [0, 0.1) is 0 Å². The third-order valence-electron chi connectivity index (χ3n) is 4.63. The fraction of sp³-hybridized carbons (Fsp3) is 0.391. The van der Waals surface area contributed by atoms with Gasteiger partial charge in [0.05, 0.1) is 17.1 Å². The first-order chi connectivity index (χ1) is 13.9. The number of hydrogen-bond acceptors (Lipinski definition) is 4.